The number of hydrogen-bond donors (Lipinski definition) is 1. The summed E-state index contributed by atoms with van der Waals surface area (Å²) in [6.07, 6.45) is 4.38. The number of ether oxygens (including phenoxy) is 2. The molecule has 0 saturated carbocycles. The number of benzene rings is 2. The lowest BCUT2D eigenvalue weighted by Crippen LogP contribution is -2.42. The first-order valence-electron chi connectivity index (χ1n) is 15.9. The molecule has 2 heterocycles. The number of nitrogens with zero attached hydrogens (tertiary/aromatic N) is 1. The van der Waals surface area contributed by atoms with E-state index in [1.807, 2.05) is 12.1 Å². The lowest BCUT2D eigenvalue weighted by Gasteiger charge is -2.39. The van der Waals surface area contributed by atoms with Crippen molar-refractivity contribution in [2.24, 2.45) is 0 Å². The van der Waals surface area contributed by atoms with Gasteiger partial charge in [-0.25, -0.2) is 0 Å². The molecule has 3 unspecified atom stereocenters. The Balaban J connectivity index is 0.000000301. The van der Waals surface area contributed by atoms with Gasteiger partial charge in [0.2, 0.25) is 5.91 Å². The van der Waals surface area contributed by atoms with Gasteiger partial charge in [0.15, 0.2) is 8.32 Å². The molecule has 2 aliphatic heterocycles. The third-order valence-corrected chi connectivity index (χ3v) is 13.4. The Bertz CT molecular complexity index is 1330. The van der Waals surface area contributed by atoms with Crippen LogP contribution < -0.4 is 5.32 Å². The van der Waals surface area contributed by atoms with Crippen LogP contribution >= 0.6 is 23.2 Å². The predicted octanol–water partition coefficient (Wildman–Crippen LogP) is 10.0. The number of nitro benzene ring substituents is 1. The molecule has 12 heteroatoms. The van der Waals surface area contributed by atoms with Gasteiger partial charge >= 0.3 is 5.97 Å². The fourth-order valence-corrected chi connectivity index (χ4v) is 6.42. The number of rotatable bonds is 8. The van der Waals surface area contributed by atoms with Gasteiger partial charge in [0.1, 0.15) is 0 Å². The number of carbonyl (C=O) groups excluding carboxylic acids is 2. The minimum absolute atomic E-state index is 0.0537. The first kappa shape index (κ1) is 39.7. The molecule has 1 N–H and O–H groups in total. The predicted molar refractivity (Wildman–Crippen MR) is 187 cm³/mol. The van der Waals surface area contributed by atoms with Gasteiger partial charge in [-0.15, -0.1) is 0 Å². The maximum Gasteiger partial charge on any atom is 0.305 e. The van der Waals surface area contributed by atoms with Crippen LogP contribution in [0.4, 0.5) is 11.4 Å². The van der Waals surface area contributed by atoms with Crippen LogP contribution in [0.1, 0.15) is 103 Å². The minimum atomic E-state index is -2.23. The Kier molecular flexibility index (Phi) is 15.7. The van der Waals surface area contributed by atoms with E-state index >= 15 is 0 Å². The number of anilines is 1. The summed E-state index contributed by atoms with van der Waals surface area (Å²) in [7, 11) is -2.23. The Morgan fingerprint density at radius 1 is 1.13 bits per heavy atom. The van der Waals surface area contributed by atoms with Gasteiger partial charge in [0, 0.05) is 41.2 Å². The third-order valence-electron chi connectivity index (χ3n) is 8.47. The zero-order valence-electron chi connectivity index (χ0n) is 28.4. The number of carbonyl (C=O) groups is 2. The fraction of sp³-hybridized carbons (Fsp3) is 0.588. The van der Waals surface area contributed by atoms with E-state index < -0.39 is 19.3 Å². The number of nitro groups is 1. The SMILES string of the molecule is CC1CCC(=O)Nc2ccc(Cl)cc21.CC1CCCO1.CCOC(=O)CCC(O[Si](C)(C)C(C)(C)C)c1cc(Cl)ccc1[N+](=O)[O-]. The molecule has 0 spiro atoms. The molecule has 2 aliphatic rings. The zero-order chi connectivity index (χ0) is 34.7. The van der Waals surface area contributed by atoms with Crippen molar-refractivity contribution < 1.29 is 28.4 Å². The molecular weight excluding hydrogens is 647 g/mol. The molecular formula is C34H50Cl2N2O7Si. The molecule has 2 aromatic rings. The van der Waals surface area contributed by atoms with Crippen molar-refractivity contribution in [3.05, 3.63) is 67.7 Å². The first-order valence-corrected chi connectivity index (χ1v) is 19.6. The second kappa shape index (κ2) is 18.2. The highest BCUT2D eigenvalue weighted by atomic mass is 35.5. The van der Waals surface area contributed by atoms with Gasteiger partial charge in [0.05, 0.1) is 29.3 Å². The van der Waals surface area contributed by atoms with Crippen molar-refractivity contribution in [2.75, 3.05) is 18.5 Å². The number of halogens is 2. The number of nitrogens with one attached hydrogen (secondary N) is 1. The van der Waals surface area contributed by atoms with Crippen molar-refractivity contribution in [2.45, 2.75) is 116 Å². The van der Waals surface area contributed by atoms with Crippen LogP contribution in [0.2, 0.25) is 28.2 Å². The number of hydrogen-bond acceptors (Lipinski definition) is 7. The van der Waals surface area contributed by atoms with E-state index in [0.29, 0.717) is 42.1 Å². The summed E-state index contributed by atoms with van der Waals surface area (Å²) < 4.78 is 16.6. The maximum atomic E-state index is 11.8. The summed E-state index contributed by atoms with van der Waals surface area (Å²) in [6.45, 7) is 17.7. The lowest BCUT2D eigenvalue weighted by molar-refractivity contribution is -0.386. The second-order valence-corrected chi connectivity index (χ2v) is 18.8. The van der Waals surface area contributed by atoms with Crippen LogP contribution in [-0.4, -0.2) is 44.4 Å². The topological polar surface area (TPSA) is 117 Å². The molecule has 4 rings (SSSR count). The van der Waals surface area contributed by atoms with Gasteiger partial charge in [-0.05, 0) is 99.5 Å². The average Bonchev–Trinajstić information content (AvgIpc) is 3.40. The maximum absolute atomic E-state index is 11.8. The van der Waals surface area contributed by atoms with E-state index in [9.17, 15) is 19.7 Å². The molecule has 0 bridgehead atoms. The molecule has 1 amide bonds. The van der Waals surface area contributed by atoms with Gasteiger partial charge in [-0.1, -0.05) is 50.9 Å². The summed E-state index contributed by atoms with van der Waals surface area (Å²) >= 11 is 12.0. The van der Waals surface area contributed by atoms with Gasteiger partial charge in [-0.3, -0.25) is 19.7 Å². The fourth-order valence-electron chi connectivity index (χ4n) is 4.75. The zero-order valence-corrected chi connectivity index (χ0v) is 30.9. The van der Waals surface area contributed by atoms with Crippen molar-refractivity contribution in [1.29, 1.82) is 0 Å². The summed E-state index contributed by atoms with van der Waals surface area (Å²) in [5.41, 5.74) is 2.39. The molecule has 256 valence electrons. The quantitative estimate of drug-likeness (QED) is 0.126. The highest BCUT2D eigenvalue weighted by Crippen LogP contribution is 2.43. The summed E-state index contributed by atoms with van der Waals surface area (Å²) in [4.78, 5) is 34.2. The summed E-state index contributed by atoms with van der Waals surface area (Å²) in [5, 5.41) is 15.4. The van der Waals surface area contributed by atoms with E-state index in [1.54, 1.807) is 19.1 Å². The highest BCUT2D eigenvalue weighted by molar-refractivity contribution is 6.74. The normalized spacial score (nSPS) is 18.4. The van der Waals surface area contributed by atoms with Crippen LogP contribution in [0.5, 0.6) is 0 Å². The van der Waals surface area contributed by atoms with E-state index in [2.05, 4.69) is 53.0 Å². The summed E-state index contributed by atoms with van der Waals surface area (Å²) in [6, 6.07) is 10.0. The van der Waals surface area contributed by atoms with Gasteiger partial charge in [0.25, 0.3) is 5.69 Å². The van der Waals surface area contributed by atoms with Crippen LogP contribution in [0, 0.1) is 10.1 Å². The van der Waals surface area contributed by atoms with Crippen molar-refractivity contribution in [1.82, 2.24) is 0 Å². The molecule has 46 heavy (non-hydrogen) atoms. The number of amides is 1. The molecule has 0 aromatic heterocycles. The average molecular weight is 698 g/mol. The highest BCUT2D eigenvalue weighted by Gasteiger charge is 2.40. The minimum Gasteiger partial charge on any atom is -0.466 e. The number of esters is 1. The van der Waals surface area contributed by atoms with Crippen molar-refractivity contribution >= 4 is 54.8 Å². The number of fused-ring (bicyclic) bond motifs is 1. The van der Waals surface area contributed by atoms with Crippen molar-refractivity contribution in [3.63, 3.8) is 0 Å². The molecule has 9 nitrogen and oxygen atoms in total. The Hall–Kier alpha value is -2.50. The smallest absolute Gasteiger partial charge is 0.305 e. The molecule has 1 saturated heterocycles. The Morgan fingerprint density at radius 3 is 2.33 bits per heavy atom. The Labute approximate surface area is 284 Å². The molecule has 3 atom stereocenters. The monoisotopic (exact) mass is 696 g/mol. The summed E-state index contributed by atoms with van der Waals surface area (Å²) in [5.74, 6) is 0.140. The van der Waals surface area contributed by atoms with E-state index in [4.69, 9.17) is 37.1 Å². The third kappa shape index (κ3) is 12.6. The van der Waals surface area contributed by atoms with E-state index in [0.717, 1.165) is 29.3 Å². The van der Waals surface area contributed by atoms with Crippen LogP contribution in [0.25, 0.3) is 0 Å². The van der Waals surface area contributed by atoms with Crippen LogP contribution in [0.3, 0.4) is 0 Å². The van der Waals surface area contributed by atoms with E-state index in [1.165, 1.54) is 25.0 Å². The van der Waals surface area contributed by atoms with Gasteiger partial charge < -0.3 is 19.2 Å². The lowest BCUT2D eigenvalue weighted by atomic mass is 9.96. The Morgan fingerprint density at radius 2 is 1.78 bits per heavy atom. The van der Waals surface area contributed by atoms with E-state index in [-0.39, 0.29) is 29.0 Å². The van der Waals surface area contributed by atoms with Crippen LogP contribution in [0.15, 0.2) is 36.4 Å². The molecule has 2 aromatic carbocycles. The van der Waals surface area contributed by atoms with Gasteiger partial charge in [-0.2, -0.15) is 0 Å². The molecule has 1 fully saturated rings. The standard InChI is InChI=1S/C18H28ClNO5Si.C11H12ClNO.C5H10O/c1-7-24-17(21)11-10-16(25-26(5,6)18(2,3)4)14-12-13(19)8-9-15(14)20(22)23;1-7-2-5-11(14)13-10-4-3-8(12)6-9(7)10;1-5-3-2-4-6-5/h8-9,12,16H,7,10-11H2,1-6H3;3-4,6-7H,2,5H2,1H3,(H,13,14);5H,2-4H2,1H3. The van der Waals surface area contributed by atoms with Crippen LogP contribution in [-0.2, 0) is 23.5 Å². The second-order valence-electron chi connectivity index (χ2n) is 13.2. The van der Waals surface area contributed by atoms with Crippen molar-refractivity contribution in [3.8, 4) is 0 Å². The molecule has 0 radical (unpaired) electrons. The largest absolute Gasteiger partial charge is 0.466 e. The molecule has 0 aliphatic carbocycles. The first-order chi connectivity index (χ1) is 21.4.